The largest absolute Gasteiger partial charge is 0.480 e. The number of aliphatic hydroxyl groups excluding tert-OH is 1. The molecule has 0 spiro atoms. The zero-order valence-corrected chi connectivity index (χ0v) is 8.04. The highest BCUT2D eigenvalue weighted by Crippen LogP contribution is 1.85. The van der Waals surface area contributed by atoms with Crippen molar-refractivity contribution in [2.75, 3.05) is 0 Å². The van der Waals surface area contributed by atoms with E-state index in [0.717, 1.165) is 0 Å². The smallest absolute Gasteiger partial charge is 0.323 e. The van der Waals surface area contributed by atoms with Gasteiger partial charge in [-0.05, 0) is 13.8 Å². The fourth-order valence-corrected chi connectivity index (χ4v) is 0.206. The summed E-state index contributed by atoms with van der Waals surface area (Å²) in [4.78, 5) is 19.4. The van der Waals surface area contributed by atoms with Gasteiger partial charge in [0.1, 0.15) is 12.1 Å². The molecule has 0 aliphatic carbocycles. The van der Waals surface area contributed by atoms with E-state index >= 15 is 0 Å². The molecule has 0 radical (unpaired) electrons. The third kappa shape index (κ3) is 8.91. The average molecular weight is 208 g/mol. The van der Waals surface area contributed by atoms with Crippen LogP contribution in [0.15, 0.2) is 0 Å². The molecular weight excluding hydrogens is 192 g/mol. The Bertz CT molecular complexity index is 193. The highest BCUT2D eigenvalue weighted by molar-refractivity contribution is 5.73. The third-order valence-electron chi connectivity index (χ3n) is 1.19. The average Bonchev–Trinajstić information content (AvgIpc) is 2.03. The van der Waals surface area contributed by atoms with Crippen molar-refractivity contribution in [1.82, 2.24) is 0 Å². The van der Waals surface area contributed by atoms with Crippen molar-refractivity contribution in [3.63, 3.8) is 0 Å². The fraction of sp³-hybridized carbons (Fsp3) is 0.714. The van der Waals surface area contributed by atoms with Gasteiger partial charge in [-0.2, -0.15) is 0 Å². The Kier molecular flexibility index (Phi) is 7.92. The van der Waals surface area contributed by atoms with Gasteiger partial charge in [0.2, 0.25) is 0 Å². The van der Waals surface area contributed by atoms with Crippen LogP contribution < -0.4 is 11.5 Å². The van der Waals surface area contributed by atoms with Crippen LogP contribution >= 0.6 is 0 Å². The summed E-state index contributed by atoms with van der Waals surface area (Å²) < 4.78 is 0. The van der Waals surface area contributed by atoms with Crippen molar-refractivity contribution in [2.24, 2.45) is 11.5 Å². The molecule has 84 valence electrons. The number of rotatable bonds is 3. The molecule has 0 saturated heterocycles. The number of carboxylic acid groups (broad SMARTS) is 2. The van der Waals surface area contributed by atoms with Crippen molar-refractivity contribution in [3.05, 3.63) is 0 Å². The van der Waals surface area contributed by atoms with Gasteiger partial charge in [0, 0.05) is 0 Å². The summed E-state index contributed by atoms with van der Waals surface area (Å²) in [5.74, 6) is -2.14. The first-order chi connectivity index (χ1) is 6.20. The first-order valence-corrected chi connectivity index (χ1v) is 3.85. The summed E-state index contributed by atoms with van der Waals surface area (Å²) in [6.45, 7) is 2.75. The van der Waals surface area contributed by atoms with E-state index < -0.39 is 30.1 Å². The predicted octanol–water partition coefficient (Wildman–Crippen LogP) is -1.80. The molecule has 14 heavy (non-hydrogen) atoms. The summed E-state index contributed by atoms with van der Waals surface area (Å²) in [5, 5.41) is 24.4. The maximum atomic E-state index is 9.86. The number of aliphatic hydroxyl groups is 1. The molecule has 0 aliphatic heterocycles. The molecule has 0 aromatic heterocycles. The first kappa shape index (κ1) is 15.3. The maximum Gasteiger partial charge on any atom is 0.323 e. The van der Waals surface area contributed by atoms with Gasteiger partial charge in [0.15, 0.2) is 0 Å². The summed E-state index contributed by atoms with van der Waals surface area (Å²) in [5.41, 5.74) is 9.75. The van der Waals surface area contributed by atoms with Gasteiger partial charge in [-0.25, -0.2) is 0 Å². The van der Waals surface area contributed by atoms with Gasteiger partial charge >= 0.3 is 11.9 Å². The van der Waals surface area contributed by atoms with Crippen LogP contribution in [0.3, 0.4) is 0 Å². The third-order valence-corrected chi connectivity index (χ3v) is 1.19. The molecule has 0 saturated carbocycles. The summed E-state index contributed by atoms with van der Waals surface area (Å²) >= 11 is 0. The predicted molar refractivity (Wildman–Crippen MR) is 48.6 cm³/mol. The number of hydrogen-bond acceptors (Lipinski definition) is 5. The Morgan fingerprint density at radius 2 is 1.36 bits per heavy atom. The normalized spacial score (nSPS) is 15.8. The van der Waals surface area contributed by atoms with Crippen LogP contribution in [0.25, 0.3) is 0 Å². The van der Waals surface area contributed by atoms with Crippen molar-refractivity contribution < 1.29 is 24.9 Å². The van der Waals surface area contributed by atoms with Crippen molar-refractivity contribution in [1.29, 1.82) is 0 Å². The molecule has 0 aliphatic rings. The zero-order valence-electron chi connectivity index (χ0n) is 8.04. The van der Waals surface area contributed by atoms with Gasteiger partial charge in [-0.15, -0.1) is 0 Å². The maximum absolute atomic E-state index is 9.86. The fourth-order valence-electron chi connectivity index (χ4n) is 0.206. The SMILES string of the molecule is C[C@@H](N)C(=O)O.C[C@@H](O)[C@H](N)C(=O)O. The minimum atomic E-state index is -1.18. The second-order valence-electron chi connectivity index (χ2n) is 2.73. The van der Waals surface area contributed by atoms with Gasteiger partial charge in [-0.1, -0.05) is 0 Å². The van der Waals surface area contributed by atoms with Crippen LogP contribution in [0, 0.1) is 0 Å². The lowest BCUT2D eigenvalue weighted by molar-refractivity contribution is -0.141. The monoisotopic (exact) mass is 208 g/mol. The minimum Gasteiger partial charge on any atom is -0.480 e. The second kappa shape index (κ2) is 7.25. The van der Waals surface area contributed by atoms with Crippen molar-refractivity contribution in [2.45, 2.75) is 32.0 Å². The molecule has 0 rings (SSSR count). The Morgan fingerprint density at radius 3 is 1.36 bits per heavy atom. The van der Waals surface area contributed by atoms with Gasteiger partial charge in [0.05, 0.1) is 6.10 Å². The lowest BCUT2D eigenvalue weighted by Crippen LogP contribution is -2.39. The molecule has 7 N–H and O–H groups in total. The van der Waals surface area contributed by atoms with E-state index in [1.165, 1.54) is 13.8 Å². The molecule has 0 amide bonds. The minimum absolute atomic E-state index is 0.731. The molecule has 0 heterocycles. The highest BCUT2D eigenvalue weighted by Gasteiger charge is 2.16. The number of nitrogens with two attached hydrogens (primary N) is 2. The van der Waals surface area contributed by atoms with Gasteiger partial charge in [0.25, 0.3) is 0 Å². The van der Waals surface area contributed by atoms with E-state index in [-0.39, 0.29) is 0 Å². The van der Waals surface area contributed by atoms with Crippen LogP contribution in [0.1, 0.15) is 13.8 Å². The topological polar surface area (TPSA) is 147 Å². The van der Waals surface area contributed by atoms with E-state index in [0.29, 0.717) is 0 Å². The number of hydrogen-bond donors (Lipinski definition) is 5. The second-order valence-corrected chi connectivity index (χ2v) is 2.73. The van der Waals surface area contributed by atoms with Crippen LogP contribution in [-0.4, -0.2) is 45.4 Å². The Morgan fingerprint density at radius 1 is 1.07 bits per heavy atom. The number of aliphatic carboxylic acids is 2. The van der Waals surface area contributed by atoms with E-state index in [9.17, 15) is 9.59 Å². The Labute approximate surface area is 81.3 Å². The molecule has 3 atom stereocenters. The summed E-state index contributed by atoms with van der Waals surface area (Å²) in [6.07, 6.45) is -0.979. The van der Waals surface area contributed by atoms with Crippen molar-refractivity contribution in [3.8, 4) is 0 Å². The molecule has 7 nitrogen and oxygen atoms in total. The quantitative estimate of drug-likeness (QED) is 0.367. The molecule has 7 heteroatoms. The standard InChI is InChI=1S/C4H9NO3.C3H7NO2/c1-2(6)3(5)4(7)8;1-2(4)3(5)6/h2-3,6H,5H2,1H3,(H,7,8);2H,4H2,1H3,(H,5,6)/t2-,3+;2-/m11/s1. The van der Waals surface area contributed by atoms with Crippen LogP contribution in [-0.2, 0) is 9.59 Å². The van der Waals surface area contributed by atoms with E-state index in [4.69, 9.17) is 26.8 Å². The molecule has 0 fully saturated rings. The lowest BCUT2D eigenvalue weighted by atomic mass is 10.2. The number of carboxylic acids is 2. The molecule has 0 aromatic rings. The molecular formula is C7H16N2O5. The van der Waals surface area contributed by atoms with Crippen molar-refractivity contribution >= 4 is 11.9 Å². The molecule has 0 unspecified atom stereocenters. The molecule has 0 aromatic carbocycles. The van der Waals surface area contributed by atoms with Gasteiger partial charge < -0.3 is 26.8 Å². The molecule has 0 bridgehead atoms. The van der Waals surface area contributed by atoms with E-state index in [1.807, 2.05) is 0 Å². The van der Waals surface area contributed by atoms with Crippen LogP contribution in [0.4, 0.5) is 0 Å². The Balaban J connectivity index is 0. The van der Waals surface area contributed by atoms with Crippen LogP contribution in [0.2, 0.25) is 0 Å². The van der Waals surface area contributed by atoms with E-state index in [1.54, 1.807) is 0 Å². The highest BCUT2D eigenvalue weighted by atomic mass is 16.4. The van der Waals surface area contributed by atoms with E-state index in [2.05, 4.69) is 0 Å². The van der Waals surface area contributed by atoms with Crippen LogP contribution in [0.5, 0.6) is 0 Å². The summed E-state index contributed by atoms with van der Waals surface area (Å²) in [6, 6.07) is -1.89. The first-order valence-electron chi connectivity index (χ1n) is 3.85. The van der Waals surface area contributed by atoms with Gasteiger partial charge in [-0.3, -0.25) is 9.59 Å². The Hall–Kier alpha value is -1.18. The lowest BCUT2D eigenvalue weighted by Gasteiger charge is -2.06. The number of carbonyl (C=O) groups is 2. The summed E-state index contributed by atoms with van der Waals surface area (Å²) in [7, 11) is 0. The zero-order chi connectivity index (χ0) is 11.9.